The minimum atomic E-state index is -3.23. The van der Waals surface area contributed by atoms with Crippen molar-refractivity contribution in [3.63, 3.8) is 0 Å². The first-order valence-corrected chi connectivity index (χ1v) is 5.18. The number of rotatable bonds is 2. The number of ether oxygens (including phenoxy) is 1. The standard InChI is InChI=1S/C11H14F2O3/c1-8(2,3)16-7(15)10-4-9(5-10,6-14)11(10,12)13/h6H,4-5H2,1-3H3. The Morgan fingerprint density at radius 3 is 2.12 bits per heavy atom. The summed E-state index contributed by atoms with van der Waals surface area (Å²) in [4.78, 5) is 22.2. The molecule has 0 aromatic heterocycles. The van der Waals surface area contributed by atoms with Crippen LogP contribution in [0.5, 0.6) is 0 Å². The van der Waals surface area contributed by atoms with Crippen LogP contribution in [0.3, 0.4) is 0 Å². The second kappa shape index (κ2) is 2.63. The number of hydrogen-bond donors (Lipinski definition) is 0. The Kier molecular flexibility index (Phi) is 1.89. The second-order valence-corrected chi connectivity index (χ2v) is 5.79. The lowest BCUT2D eigenvalue weighted by molar-refractivity contribution is -0.376. The first-order valence-electron chi connectivity index (χ1n) is 5.18. The van der Waals surface area contributed by atoms with E-state index in [9.17, 15) is 18.4 Å². The summed E-state index contributed by atoms with van der Waals surface area (Å²) < 4.78 is 32.1. The summed E-state index contributed by atoms with van der Waals surface area (Å²) in [7, 11) is 0. The minimum Gasteiger partial charge on any atom is -0.459 e. The van der Waals surface area contributed by atoms with Crippen molar-refractivity contribution < 1.29 is 23.1 Å². The lowest BCUT2D eigenvalue weighted by Gasteiger charge is -2.70. The lowest BCUT2D eigenvalue weighted by Crippen LogP contribution is -2.82. The van der Waals surface area contributed by atoms with Crippen molar-refractivity contribution in [3.05, 3.63) is 0 Å². The van der Waals surface area contributed by atoms with Gasteiger partial charge < -0.3 is 9.53 Å². The largest absolute Gasteiger partial charge is 0.459 e. The van der Waals surface area contributed by atoms with Crippen molar-refractivity contribution in [2.24, 2.45) is 10.8 Å². The quantitative estimate of drug-likeness (QED) is 0.539. The third-order valence-corrected chi connectivity index (χ3v) is 3.48. The molecular formula is C11H14F2O3. The number of carbonyl (C=O) groups excluding carboxylic acids is 2. The van der Waals surface area contributed by atoms with Crippen molar-refractivity contribution in [1.82, 2.24) is 0 Å². The molecule has 16 heavy (non-hydrogen) atoms. The fraction of sp³-hybridized carbons (Fsp3) is 0.818. The van der Waals surface area contributed by atoms with E-state index in [2.05, 4.69) is 0 Å². The molecule has 0 atom stereocenters. The SMILES string of the molecule is CC(C)(C)OC(=O)C12CC(C=O)(C1)C2(F)F. The molecule has 0 aromatic rings. The molecule has 3 aliphatic rings. The maximum Gasteiger partial charge on any atom is 0.318 e. The van der Waals surface area contributed by atoms with Gasteiger partial charge >= 0.3 is 5.97 Å². The Labute approximate surface area is 92.1 Å². The van der Waals surface area contributed by atoms with E-state index in [1.807, 2.05) is 0 Å². The zero-order valence-electron chi connectivity index (χ0n) is 9.47. The minimum absolute atomic E-state index is 0.0780. The Morgan fingerprint density at radius 2 is 1.81 bits per heavy atom. The molecule has 3 aliphatic carbocycles. The molecule has 3 nitrogen and oxygen atoms in total. The summed E-state index contributed by atoms with van der Waals surface area (Å²) in [6, 6.07) is 0. The third kappa shape index (κ3) is 1.01. The predicted molar refractivity (Wildman–Crippen MR) is 51.0 cm³/mol. The lowest BCUT2D eigenvalue weighted by atomic mass is 9.32. The molecule has 0 aliphatic heterocycles. The average Bonchev–Trinajstić information content (AvgIpc) is 1.98. The smallest absolute Gasteiger partial charge is 0.318 e. The molecule has 0 heterocycles. The number of aldehydes is 1. The van der Waals surface area contributed by atoms with Gasteiger partial charge in [0.25, 0.3) is 5.92 Å². The van der Waals surface area contributed by atoms with Crippen molar-refractivity contribution in [3.8, 4) is 0 Å². The highest BCUT2D eigenvalue weighted by atomic mass is 19.3. The molecule has 0 unspecified atom stereocenters. The number of hydrogen-bond acceptors (Lipinski definition) is 3. The summed E-state index contributed by atoms with van der Waals surface area (Å²) in [5.74, 6) is -4.11. The molecule has 90 valence electrons. The summed E-state index contributed by atoms with van der Waals surface area (Å²) in [5.41, 5.74) is -4.11. The maximum atomic E-state index is 13.6. The van der Waals surface area contributed by atoms with Gasteiger partial charge in [-0.1, -0.05) is 0 Å². The van der Waals surface area contributed by atoms with Crippen molar-refractivity contribution in [2.75, 3.05) is 0 Å². The normalized spacial score (nSPS) is 39.3. The Morgan fingerprint density at radius 1 is 1.31 bits per heavy atom. The summed E-state index contributed by atoms with van der Waals surface area (Å²) >= 11 is 0. The molecule has 3 rings (SSSR count). The van der Waals surface area contributed by atoms with Gasteiger partial charge in [-0.2, -0.15) is 0 Å². The fourth-order valence-corrected chi connectivity index (χ4v) is 2.54. The Hall–Kier alpha value is -1.00. The van der Waals surface area contributed by atoms with Crippen LogP contribution < -0.4 is 0 Å². The zero-order chi connectivity index (χ0) is 12.4. The van der Waals surface area contributed by atoms with Gasteiger partial charge in [0.1, 0.15) is 17.3 Å². The summed E-state index contributed by atoms with van der Waals surface area (Å²) in [6.45, 7) is 4.89. The summed E-state index contributed by atoms with van der Waals surface area (Å²) in [5, 5.41) is 0. The molecule has 0 N–H and O–H groups in total. The van der Waals surface area contributed by atoms with Crippen LogP contribution in [0.4, 0.5) is 8.78 Å². The van der Waals surface area contributed by atoms with Gasteiger partial charge in [-0.15, -0.1) is 0 Å². The highest BCUT2D eigenvalue weighted by Gasteiger charge is 2.92. The van der Waals surface area contributed by atoms with Gasteiger partial charge in [0.15, 0.2) is 0 Å². The molecule has 0 aromatic carbocycles. The van der Waals surface area contributed by atoms with E-state index in [1.54, 1.807) is 20.8 Å². The van der Waals surface area contributed by atoms with Crippen LogP contribution >= 0.6 is 0 Å². The second-order valence-electron chi connectivity index (χ2n) is 5.79. The Bertz CT molecular complexity index is 362. The first kappa shape index (κ1) is 11.5. The van der Waals surface area contributed by atoms with Crippen LogP contribution in [-0.4, -0.2) is 23.8 Å². The fourth-order valence-electron chi connectivity index (χ4n) is 2.54. The van der Waals surface area contributed by atoms with E-state index in [0.717, 1.165) is 0 Å². The van der Waals surface area contributed by atoms with Crippen molar-refractivity contribution in [1.29, 1.82) is 0 Å². The van der Waals surface area contributed by atoms with Crippen LogP contribution in [0.1, 0.15) is 33.6 Å². The van der Waals surface area contributed by atoms with Gasteiger partial charge in [0.05, 0.1) is 5.41 Å². The topological polar surface area (TPSA) is 43.4 Å². The molecule has 2 bridgehead atoms. The van der Waals surface area contributed by atoms with E-state index in [4.69, 9.17) is 4.74 Å². The van der Waals surface area contributed by atoms with Crippen LogP contribution in [0, 0.1) is 10.8 Å². The third-order valence-electron chi connectivity index (χ3n) is 3.48. The highest BCUT2D eigenvalue weighted by Crippen LogP contribution is 2.81. The van der Waals surface area contributed by atoms with E-state index >= 15 is 0 Å². The van der Waals surface area contributed by atoms with Gasteiger partial charge in [0.2, 0.25) is 0 Å². The van der Waals surface area contributed by atoms with E-state index in [-0.39, 0.29) is 19.1 Å². The zero-order valence-corrected chi connectivity index (χ0v) is 9.47. The number of carbonyl (C=O) groups is 2. The van der Waals surface area contributed by atoms with Gasteiger partial charge in [-0.05, 0) is 33.6 Å². The number of halogens is 2. The van der Waals surface area contributed by atoms with E-state index in [1.165, 1.54) is 0 Å². The van der Waals surface area contributed by atoms with E-state index in [0.29, 0.717) is 0 Å². The number of esters is 1. The van der Waals surface area contributed by atoms with Crippen molar-refractivity contribution >= 4 is 12.3 Å². The van der Waals surface area contributed by atoms with Gasteiger partial charge in [0, 0.05) is 0 Å². The Balaban J connectivity index is 2.15. The van der Waals surface area contributed by atoms with Gasteiger partial charge in [-0.3, -0.25) is 4.79 Å². The van der Waals surface area contributed by atoms with Crippen LogP contribution in [0.2, 0.25) is 0 Å². The van der Waals surface area contributed by atoms with E-state index < -0.39 is 28.3 Å². The molecule has 0 spiro atoms. The van der Waals surface area contributed by atoms with Crippen LogP contribution in [-0.2, 0) is 14.3 Å². The molecule has 3 saturated carbocycles. The molecule has 3 fully saturated rings. The first-order chi connectivity index (χ1) is 7.10. The monoisotopic (exact) mass is 232 g/mol. The highest BCUT2D eigenvalue weighted by molar-refractivity contribution is 5.89. The maximum absolute atomic E-state index is 13.6. The molecular weight excluding hydrogens is 218 g/mol. The predicted octanol–water partition coefficient (Wildman–Crippen LogP) is 1.94. The van der Waals surface area contributed by atoms with Gasteiger partial charge in [-0.25, -0.2) is 8.78 Å². The average molecular weight is 232 g/mol. The summed E-state index contributed by atoms with van der Waals surface area (Å²) in [6.07, 6.45) is 0.121. The molecule has 0 radical (unpaired) electrons. The van der Waals surface area contributed by atoms with Crippen LogP contribution in [0.25, 0.3) is 0 Å². The van der Waals surface area contributed by atoms with Crippen LogP contribution in [0.15, 0.2) is 0 Å². The molecule has 0 amide bonds. The molecule has 0 saturated heterocycles. The molecule has 5 heteroatoms. The number of alkyl halides is 2. The van der Waals surface area contributed by atoms with Crippen molar-refractivity contribution in [2.45, 2.75) is 45.1 Å².